The van der Waals surface area contributed by atoms with Gasteiger partial charge in [0.15, 0.2) is 0 Å². The Hall–Kier alpha value is -3.47. The maximum atomic E-state index is 12.7. The molecule has 1 fully saturated rings. The summed E-state index contributed by atoms with van der Waals surface area (Å²) in [5.41, 5.74) is 0.465. The highest BCUT2D eigenvalue weighted by molar-refractivity contribution is 7.90. The molecule has 1 amide bonds. The van der Waals surface area contributed by atoms with E-state index < -0.39 is 20.9 Å². The lowest BCUT2D eigenvalue weighted by atomic mass is 10.1. The number of rotatable bonds is 6. The minimum atomic E-state index is -3.94. The zero-order valence-corrected chi connectivity index (χ0v) is 17.3. The molecular weight excluding hydrogens is 410 g/mol. The number of nitro benzene ring substituents is 1. The van der Waals surface area contributed by atoms with Gasteiger partial charge in [-0.05, 0) is 30.7 Å². The lowest BCUT2D eigenvalue weighted by Gasteiger charge is -2.12. The summed E-state index contributed by atoms with van der Waals surface area (Å²) in [6, 6.07) is 9.61. The molecule has 0 spiro atoms. The Morgan fingerprint density at radius 1 is 1.23 bits per heavy atom. The van der Waals surface area contributed by atoms with Crippen LogP contribution in [0.4, 0.5) is 17.1 Å². The van der Waals surface area contributed by atoms with Crippen molar-refractivity contribution < 1.29 is 18.1 Å². The number of benzene rings is 2. The number of nitrogens with zero attached hydrogens (tertiary/aromatic N) is 3. The van der Waals surface area contributed by atoms with Gasteiger partial charge in [0.2, 0.25) is 0 Å². The van der Waals surface area contributed by atoms with Crippen molar-refractivity contribution in [3.63, 3.8) is 0 Å². The second-order valence-electron chi connectivity index (χ2n) is 6.73. The van der Waals surface area contributed by atoms with Crippen LogP contribution in [0.15, 0.2) is 51.8 Å². The molecular formula is C19H21N5O5S. The molecule has 2 N–H and O–H groups in total. The van der Waals surface area contributed by atoms with Gasteiger partial charge >= 0.3 is 0 Å². The first-order chi connectivity index (χ1) is 14.2. The Kier molecular flexibility index (Phi) is 6.01. The van der Waals surface area contributed by atoms with E-state index in [2.05, 4.69) is 15.0 Å². The van der Waals surface area contributed by atoms with Crippen LogP contribution in [-0.2, 0) is 10.0 Å². The van der Waals surface area contributed by atoms with E-state index in [0.717, 1.165) is 19.0 Å². The van der Waals surface area contributed by atoms with Gasteiger partial charge in [0.25, 0.3) is 21.6 Å². The van der Waals surface area contributed by atoms with Crippen LogP contribution in [0.25, 0.3) is 0 Å². The number of hydrogen-bond donors (Lipinski definition) is 2. The maximum absolute atomic E-state index is 12.7. The number of carbonyl (C=O) groups excluding carboxylic acids is 1. The third-order valence-corrected chi connectivity index (χ3v) is 5.98. The average Bonchev–Trinajstić information content (AvgIpc) is 3.11. The van der Waals surface area contributed by atoms with Gasteiger partial charge in [0, 0.05) is 50.6 Å². The molecule has 1 heterocycles. The second kappa shape index (κ2) is 8.49. The quantitative estimate of drug-likeness (QED) is 0.530. The Morgan fingerprint density at radius 3 is 2.63 bits per heavy atom. The van der Waals surface area contributed by atoms with E-state index in [1.807, 2.05) is 0 Å². The highest BCUT2D eigenvalue weighted by Crippen LogP contribution is 2.24. The third kappa shape index (κ3) is 4.57. The van der Waals surface area contributed by atoms with Crippen molar-refractivity contribution in [2.24, 2.45) is 4.40 Å². The van der Waals surface area contributed by atoms with Crippen LogP contribution in [0.5, 0.6) is 0 Å². The summed E-state index contributed by atoms with van der Waals surface area (Å²) >= 11 is 0. The fraction of sp³-hybridized carbons (Fsp3) is 0.263. The average molecular weight is 431 g/mol. The van der Waals surface area contributed by atoms with E-state index >= 15 is 0 Å². The number of amides is 1. The predicted molar refractivity (Wildman–Crippen MR) is 114 cm³/mol. The lowest BCUT2D eigenvalue weighted by Crippen LogP contribution is -2.20. The van der Waals surface area contributed by atoms with Gasteiger partial charge in [-0.1, -0.05) is 6.07 Å². The molecule has 0 aromatic heterocycles. The van der Waals surface area contributed by atoms with Crippen LogP contribution in [0.1, 0.15) is 23.2 Å². The van der Waals surface area contributed by atoms with Crippen LogP contribution in [0, 0.1) is 10.1 Å². The van der Waals surface area contributed by atoms with Gasteiger partial charge in [-0.3, -0.25) is 14.9 Å². The van der Waals surface area contributed by atoms with E-state index in [4.69, 9.17) is 0 Å². The van der Waals surface area contributed by atoms with E-state index in [-0.39, 0.29) is 21.8 Å². The number of likely N-dealkylation sites (tertiary alicyclic amines) is 1. The van der Waals surface area contributed by atoms with Crippen molar-refractivity contribution in [2.75, 3.05) is 31.3 Å². The lowest BCUT2D eigenvalue weighted by molar-refractivity contribution is -0.384. The molecule has 0 radical (unpaired) electrons. The minimum Gasteiger partial charge on any atom is -0.387 e. The van der Waals surface area contributed by atoms with Crippen molar-refractivity contribution in [1.29, 1.82) is 0 Å². The van der Waals surface area contributed by atoms with Crippen molar-refractivity contribution in [2.45, 2.75) is 17.7 Å². The molecule has 10 nitrogen and oxygen atoms in total. The summed E-state index contributed by atoms with van der Waals surface area (Å²) in [6.45, 7) is 0.751. The van der Waals surface area contributed by atoms with Crippen molar-refractivity contribution >= 4 is 38.8 Å². The first-order valence-electron chi connectivity index (χ1n) is 9.14. The first kappa shape index (κ1) is 21.2. The first-order valence-corrected chi connectivity index (χ1v) is 10.6. The molecule has 2 aromatic rings. The van der Waals surface area contributed by atoms with E-state index in [9.17, 15) is 23.3 Å². The van der Waals surface area contributed by atoms with Crippen LogP contribution >= 0.6 is 0 Å². The number of sulfonamides is 1. The van der Waals surface area contributed by atoms with Gasteiger partial charge in [-0.25, -0.2) is 0 Å². The Morgan fingerprint density at radius 2 is 2.00 bits per heavy atom. The summed E-state index contributed by atoms with van der Waals surface area (Å²) in [5, 5.41) is 16.4. The fourth-order valence-electron chi connectivity index (χ4n) is 3.09. The molecule has 0 saturated carbocycles. The van der Waals surface area contributed by atoms with Crippen molar-refractivity contribution in [3.8, 4) is 0 Å². The molecule has 1 aliphatic rings. The molecule has 0 aliphatic carbocycles. The summed E-state index contributed by atoms with van der Waals surface area (Å²) in [7, 11) is -0.561. The van der Waals surface area contributed by atoms with Gasteiger partial charge in [-0.2, -0.15) is 8.42 Å². The monoisotopic (exact) mass is 431 g/mol. The van der Waals surface area contributed by atoms with E-state index in [0.29, 0.717) is 17.9 Å². The van der Waals surface area contributed by atoms with Crippen molar-refractivity contribution in [1.82, 2.24) is 4.90 Å². The van der Waals surface area contributed by atoms with Crippen LogP contribution in [0.2, 0.25) is 0 Å². The summed E-state index contributed by atoms with van der Waals surface area (Å²) in [5.74, 6) is -0.112. The number of anilines is 2. The predicted octanol–water partition coefficient (Wildman–Crippen LogP) is 2.70. The SMILES string of the molecule is CNc1ccc([N+](=O)[O-])cc1C(=O)Nc1cccc(S(=O)(=O)N=C2CCCN2C)c1. The largest absolute Gasteiger partial charge is 0.387 e. The second-order valence-corrected chi connectivity index (χ2v) is 8.33. The standard InChI is InChI=1S/C19H21N5O5S/c1-20-17-9-8-14(24(26)27)12-16(17)19(25)21-13-5-3-6-15(11-13)30(28,29)22-18-7-4-10-23(18)2/h3,5-6,8-9,11-12,20H,4,7,10H2,1-2H3,(H,21,25). The summed E-state index contributed by atoms with van der Waals surface area (Å²) in [6.07, 6.45) is 1.43. The minimum absolute atomic E-state index is 0.0546. The van der Waals surface area contributed by atoms with Gasteiger partial charge in [0.1, 0.15) is 5.84 Å². The number of amidine groups is 1. The Bertz CT molecular complexity index is 1130. The van der Waals surface area contributed by atoms with Gasteiger partial charge in [-0.15, -0.1) is 4.40 Å². The molecule has 0 atom stereocenters. The van der Waals surface area contributed by atoms with Crippen LogP contribution < -0.4 is 10.6 Å². The molecule has 0 unspecified atom stereocenters. The normalized spacial score (nSPS) is 15.3. The topological polar surface area (TPSA) is 134 Å². The molecule has 0 bridgehead atoms. The number of carbonyl (C=O) groups is 1. The molecule has 1 aliphatic heterocycles. The number of nitrogens with one attached hydrogen (secondary N) is 2. The van der Waals surface area contributed by atoms with Gasteiger partial charge in [0.05, 0.1) is 15.4 Å². The molecule has 158 valence electrons. The van der Waals surface area contributed by atoms with Gasteiger partial charge < -0.3 is 15.5 Å². The third-order valence-electron chi connectivity index (χ3n) is 4.68. The number of non-ortho nitro benzene ring substituents is 1. The highest BCUT2D eigenvalue weighted by atomic mass is 32.2. The zero-order valence-electron chi connectivity index (χ0n) is 16.5. The van der Waals surface area contributed by atoms with Crippen molar-refractivity contribution in [3.05, 3.63) is 58.1 Å². The van der Waals surface area contributed by atoms with E-state index in [1.165, 1.54) is 36.4 Å². The molecule has 30 heavy (non-hydrogen) atoms. The Labute approximate surface area is 173 Å². The van der Waals surface area contributed by atoms with E-state index in [1.54, 1.807) is 19.0 Å². The van der Waals surface area contributed by atoms with Crippen LogP contribution in [0.3, 0.4) is 0 Å². The highest BCUT2D eigenvalue weighted by Gasteiger charge is 2.21. The fourth-order valence-corrected chi connectivity index (χ4v) is 4.23. The summed E-state index contributed by atoms with van der Waals surface area (Å²) in [4.78, 5) is 24.9. The smallest absolute Gasteiger partial charge is 0.284 e. The molecule has 11 heteroatoms. The zero-order chi connectivity index (χ0) is 21.9. The number of nitro groups is 1. The Balaban J connectivity index is 1.88. The summed E-state index contributed by atoms with van der Waals surface area (Å²) < 4.78 is 29.2. The molecule has 3 rings (SSSR count). The van der Waals surface area contributed by atoms with Crippen LogP contribution in [-0.4, -0.2) is 50.6 Å². The molecule has 1 saturated heterocycles. The number of hydrogen-bond acceptors (Lipinski definition) is 6. The maximum Gasteiger partial charge on any atom is 0.284 e. The molecule has 2 aromatic carbocycles.